The van der Waals surface area contributed by atoms with Gasteiger partial charge in [0.2, 0.25) is 0 Å². The van der Waals surface area contributed by atoms with E-state index in [1.165, 1.54) is 25.7 Å². The third-order valence-electron chi connectivity index (χ3n) is 4.22. The van der Waals surface area contributed by atoms with Crippen molar-refractivity contribution in [3.05, 3.63) is 39.9 Å². The van der Waals surface area contributed by atoms with Crippen molar-refractivity contribution in [2.24, 2.45) is 5.92 Å². The fourth-order valence-electron chi connectivity index (χ4n) is 2.97. The highest BCUT2D eigenvalue weighted by Crippen LogP contribution is 2.29. The summed E-state index contributed by atoms with van der Waals surface area (Å²) in [5.74, 6) is 0.778. The van der Waals surface area contributed by atoms with Crippen molar-refractivity contribution < 1.29 is 4.92 Å². The summed E-state index contributed by atoms with van der Waals surface area (Å²) in [5.41, 5.74) is 1.26. The van der Waals surface area contributed by atoms with Gasteiger partial charge in [-0.05, 0) is 38.2 Å². The molecule has 1 N–H and O–H groups in total. The Kier molecular flexibility index (Phi) is 4.53. The van der Waals surface area contributed by atoms with Gasteiger partial charge >= 0.3 is 0 Å². The number of nitro groups is 1. The monoisotopic (exact) mass is 262 g/mol. The quantitative estimate of drug-likeness (QED) is 0.648. The number of non-ortho nitro benzene ring substituents is 1. The van der Waals surface area contributed by atoms with Gasteiger partial charge in [0, 0.05) is 24.2 Å². The standard InChI is InChI=1S/C15H22N2O2/c1-11(13-5-3-4-6-13)16-12(2)14-7-9-15(10-8-14)17(18)19/h7-13,16H,3-6H2,1-2H3. The van der Waals surface area contributed by atoms with Crippen molar-refractivity contribution in [3.63, 3.8) is 0 Å². The van der Waals surface area contributed by atoms with E-state index in [0.717, 1.165) is 11.5 Å². The Morgan fingerprint density at radius 3 is 2.32 bits per heavy atom. The lowest BCUT2D eigenvalue weighted by atomic mass is 9.98. The van der Waals surface area contributed by atoms with Crippen LogP contribution in [0.3, 0.4) is 0 Å². The van der Waals surface area contributed by atoms with Gasteiger partial charge in [0.1, 0.15) is 0 Å². The van der Waals surface area contributed by atoms with Crippen LogP contribution in [0.15, 0.2) is 24.3 Å². The summed E-state index contributed by atoms with van der Waals surface area (Å²) in [6, 6.07) is 7.58. The topological polar surface area (TPSA) is 55.2 Å². The summed E-state index contributed by atoms with van der Waals surface area (Å²) in [4.78, 5) is 10.3. The van der Waals surface area contributed by atoms with Crippen molar-refractivity contribution in [3.8, 4) is 0 Å². The zero-order valence-electron chi connectivity index (χ0n) is 11.6. The molecule has 0 bridgehead atoms. The predicted molar refractivity (Wildman–Crippen MR) is 76.1 cm³/mol. The molecule has 1 saturated carbocycles. The molecule has 19 heavy (non-hydrogen) atoms. The molecule has 1 fully saturated rings. The van der Waals surface area contributed by atoms with Gasteiger partial charge in [0.05, 0.1) is 4.92 Å². The smallest absolute Gasteiger partial charge is 0.269 e. The van der Waals surface area contributed by atoms with Crippen LogP contribution >= 0.6 is 0 Å². The van der Waals surface area contributed by atoms with Gasteiger partial charge in [-0.3, -0.25) is 10.1 Å². The van der Waals surface area contributed by atoms with Crippen LogP contribution in [0.5, 0.6) is 0 Å². The van der Waals surface area contributed by atoms with Gasteiger partial charge < -0.3 is 5.32 Å². The normalized spacial score (nSPS) is 19.3. The largest absolute Gasteiger partial charge is 0.307 e. The van der Waals surface area contributed by atoms with Crippen molar-refractivity contribution in [2.45, 2.75) is 51.6 Å². The number of hydrogen-bond donors (Lipinski definition) is 1. The molecule has 2 rings (SSSR count). The van der Waals surface area contributed by atoms with Gasteiger partial charge in [-0.15, -0.1) is 0 Å². The predicted octanol–water partition coefficient (Wildman–Crippen LogP) is 3.82. The van der Waals surface area contributed by atoms with Crippen molar-refractivity contribution in [1.29, 1.82) is 0 Å². The third kappa shape index (κ3) is 3.53. The Hall–Kier alpha value is -1.42. The maximum absolute atomic E-state index is 10.6. The van der Waals surface area contributed by atoms with E-state index in [9.17, 15) is 10.1 Å². The molecule has 1 aliphatic carbocycles. The number of rotatable bonds is 5. The average molecular weight is 262 g/mol. The summed E-state index contributed by atoms with van der Waals surface area (Å²) >= 11 is 0. The molecule has 0 amide bonds. The minimum Gasteiger partial charge on any atom is -0.307 e. The van der Waals surface area contributed by atoms with E-state index in [-0.39, 0.29) is 16.7 Å². The molecule has 2 atom stereocenters. The second kappa shape index (κ2) is 6.15. The number of hydrogen-bond acceptors (Lipinski definition) is 3. The molecule has 0 spiro atoms. The molecule has 0 aliphatic heterocycles. The highest BCUT2D eigenvalue weighted by atomic mass is 16.6. The fourth-order valence-corrected chi connectivity index (χ4v) is 2.97. The van der Waals surface area contributed by atoms with Crippen LogP contribution in [0, 0.1) is 16.0 Å². The van der Waals surface area contributed by atoms with Crippen molar-refractivity contribution >= 4 is 5.69 Å². The first-order chi connectivity index (χ1) is 9.08. The molecule has 1 aromatic rings. The number of nitrogens with one attached hydrogen (secondary N) is 1. The van der Waals surface area contributed by atoms with Gasteiger partial charge in [0.25, 0.3) is 5.69 Å². The molecule has 1 aromatic carbocycles. The number of nitro benzene ring substituents is 1. The Morgan fingerprint density at radius 1 is 1.21 bits per heavy atom. The molecule has 4 nitrogen and oxygen atoms in total. The number of benzene rings is 1. The van der Waals surface area contributed by atoms with Crippen LogP contribution in [0.1, 0.15) is 51.1 Å². The van der Waals surface area contributed by atoms with Gasteiger partial charge in [0.15, 0.2) is 0 Å². The van der Waals surface area contributed by atoms with E-state index in [2.05, 4.69) is 19.2 Å². The second-order valence-corrected chi connectivity index (χ2v) is 5.57. The maximum Gasteiger partial charge on any atom is 0.269 e. The minimum atomic E-state index is -0.358. The first-order valence-electron chi connectivity index (χ1n) is 7.08. The molecule has 2 unspecified atom stereocenters. The molecule has 0 radical (unpaired) electrons. The van der Waals surface area contributed by atoms with E-state index in [4.69, 9.17) is 0 Å². The second-order valence-electron chi connectivity index (χ2n) is 5.57. The fraction of sp³-hybridized carbons (Fsp3) is 0.600. The maximum atomic E-state index is 10.6. The summed E-state index contributed by atoms with van der Waals surface area (Å²) in [7, 11) is 0. The Balaban J connectivity index is 1.95. The van der Waals surface area contributed by atoms with E-state index >= 15 is 0 Å². The van der Waals surface area contributed by atoms with E-state index in [1.54, 1.807) is 12.1 Å². The Morgan fingerprint density at radius 2 is 1.79 bits per heavy atom. The molecular formula is C15H22N2O2. The first kappa shape index (κ1) is 14.0. The lowest BCUT2D eigenvalue weighted by molar-refractivity contribution is -0.384. The Bertz CT molecular complexity index is 424. The van der Waals surface area contributed by atoms with Gasteiger partial charge in [-0.25, -0.2) is 0 Å². The van der Waals surface area contributed by atoms with Crippen LogP contribution in [0.25, 0.3) is 0 Å². The average Bonchev–Trinajstić information content (AvgIpc) is 2.92. The third-order valence-corrected chi connectivity index (χ3v) is 4.22. The molecule has 0 aromatic heterocycles. The summed E-state index contributed by atoms with van der Waals surface area (Å²) in [6.45, 7) is 4.37. The molecule has 1 aliphatic rings. The van der Waals surface area contributed by atoms with Crippen molar-refractivity contribution in [2.75, 3.05) is 0 Å². The molecule has 104 valence electrons. The lowest BCUT2D eigenvalue weighted by Gasteiger charge is -2.25. The van der Waals surface area contributed by atoms with Crippen LogP contribution < -0.4 is 5.32 Å². The van der Waals surface area contributed by atoms with Crippen LogP contribution in [-0.2, 0) is 0 Å². The summed E-state index contributed by atoms with van der Waals surface area (Å²) in [6.07, 6.45) is 5.34. The van der Waals surface area contributed by atoms with E-state index < -0.39 is 0 Å². The van der Waals surface area contributed by atoms with E-state index in [0.29, 0.717) is 6.04 Å². The van der Waals surface area contributed by atoms with Gasteiger partial charge in [-0.2, -0.15) is 0 Å². The van der Waals surface area contributed by atoms with Crippen molar-refractivity contribution in [1.82, 2.24) is 5.32 Å². The molecule has 0 heterocycles. The van der Waals surface area contributed by atoms with E-state index in [1.807, 2.05) is 12.1 Å². The molecule has 4 heteroatoms. The number of nitrogens with zero attached hydrogens (tertiary/aromatic N) is 1. The van der Waals surface area contributed by atoms with Gasteiger partial charge in [-0.1, -0.05) is 25.0 Å². The molecule has 0 saturated heterocycles. The van der Waals surface area contributed by atoms with Crippen LogP contribution in [0.2, 0.25) is 0 Å². The zero-order valence-corrected chi connectivity index (χ0v) is 11.6. The van der Waals surface area contributed by atoms with Crippen LogP contribution in [0.4, 0.5) is 5.69 Å². The lowest BCUT2D eigenvalue weighted by Crippen LogP contribution is -2.34. The first-order valence-corrected chi connectivity index (χ1v) is 7.08. The summed E-state index contributed by atoms with van der Waals surface area (Å²) in [5, 5.41) is 14.2. The Labute approximate surface area is 114 Å². The molecular weight excluding hydrogens is 240 g/mol. The zero-order chi connectivity index (χ0) is 13.8. The van der Waals surface area contributed by atoms with Crippen LogP contribution in [-0.4, -0.2) is 11.0 Å². The highest BCUT2D eigenvalue weighted by molar-refractivity contribution is 5.34. The SMILES string of the molecule is CC(NC(C)C1CCCC1)c1ccc([N+](=O)[O-])cc1. The minimum absolute atomic E-state index is 0.153. The summed E-state index contributed by atoms with van der Waals surface area (Å²) < 4.78 is 0. The highest BCUT2D eigenvalue weighted by Gasteiger charge is 2.22.